The number of benzene rings is 2. The Morgan fingerprint density at radius 1 is 1.15 bits per heavy atom. The number of ether oxygens (including phenoxy) is 1. The van der Waals surface area contributed by atoms with Crippen LogP contribution in [0.3, 0.4) is 0 Å². The molecule has 0 saturated carbocycles. The zero-order chi connectivity index (χ0) is 19.2. The normalized spacial score (nSPS) is 10.8. The molecule has 1 N–H and O–H groups in total. The Labute approximate surface area is 159 Å². The molecule has 0 bridgehead atoms. The third-order valence-electron chi connectivity index (χ3n) is 4.16. The van der Waals surface area contributed by atoms with E-state index in [4.69, 9.17) is 4.74 Å². The number of hydrogen-bond donors (Lipinski definition) is 1. The molecule has 1 heterocycles. The van der Waals surface area contributed by atoms with Gasteiger partial charge in [-0.3, -0.25) is 4.79 Å². The molecule has 140 valence electrons. The first kappa shape index (κ1) is 18.7. The van der Waals surface area contributed by atoms with Crippen molar-refractivity contribution in [3.8, 4) is 11.4 Å². The van der Waals surface area contributed by atoms with Crippen molar-refractivity contribution in [3.63, 3.8) is 0 Å². The Balaban J connectivity index is 1.79. The first-order valence-corrected chi connectivity index (χ1v) is 8.76. The molecule has 0 aliphatic rings. The minimum absolute atomic E-state index is 0.152. The van der Waals surface area contributed by atoms with Crippen LogP contribution >= 0.6 is 0 Å². The summed E-state index contributed by atoms with van der Waals surface area (Å²) < 4.78 is 7.09. The lowest BCUT2D eigenvalue weighted by Crippen LogP contribution is -2.24. The summed E-state index contributed by atoms with van der Waals surface area (Å²) in [7, 11) is 5.64. The molecule has 0 unspecified atom stereocenters. The van der Waals surface area contributed by atoms with Crippen LogP contribution in [0.15, 0.2) is 60.9 Å². The van der Waals surface area contributed by atoms with Crippen molar-refractivity contribution in [1.29, 1.82) is 0 Å². The molecule has 27 heavy (non-hydrogen) atoms. The van der Waals surface area contributed by atoms with E-state index < -0.39 is 0 Å². The van der Waals surface area contributed by atoms with E-state index >= 15 is 0 Å². The molecule has 0 saturated heterocycles. The Hall–Kier alpha value is -3.12. The van der Waals surface area contributed by atoms with E-state index in [2.05, 4.69) is 15.3 Å². The van der Waals surface area contributed by atoms with Crippen LogP contribution in [0.5, 0.6) is 5.75 Å². The molecule has 0 aliphatic carbocycles. The maximum Gasteiger partial charge on any atom is 0.253 e. The Bertz CT molecular complexity index is 918. The second kappa shape index (κ2) is 8.51. The molecule has 2 aromatic carbocycles. The summed E-state index contributed by atoms with van der Waals surface area (Å²) >= 11 is 0. The van der Waals surface area contributed by atoms with Crippen molar-refractivity contribution >= 4 is 5.91 Å². The minimum atomic E-state index is -0.152. The number of carbonyl (C=O) groups excluding carboxylic acids is 1. The van der Waals surface area contributed by atoms with Gasteiger partial charge in [-0.15, -0.1) is 0 Å². The van der Waals surface area contributed by atoms with Gasteiger partial charge in [-0.2, -0.15) is 5.10 Å². The number of methoxy groups -OCH3 is 1. The van der Waals surface area contributed by atoms with Crippen LogP contribution in [0.4, 0.5) is 0 Å². The van der Waals surface area contributed by atoms with E-state index in [9.17, 15) is 4.79 Å². The van der Waals surface area contributed by atoms with Gasteiger partial charge in [0.25, 0.3) is 5.91 Å². The minimum Gasteiger partial charge on any atom is -0.496 e. The molecule has 0 fully saturated rings. The van der Waals surface area contributed by atoms with Crippen LogP contribution in [0.1, 0.15) is 21.5 Å². The zero-order valence-electron chi connectivity index (χ0n) is 15.8. The van der Waals surface area contributed by atoms with Gasteiger partial charge >= 0.3 is 0 Å². The number of carbonyl (C=O) groups is 1. The number of nitrogens with one attached hydrogen (secondary N) is 1. The summed E-state index contributed by atoms with van der Waals surface area (Å²) in [6.07, 6.45) is 3.77. The number of rotatable bonds is 7. The maximum absolute atomic E-state index is 12.8. The van der Waals surface area contributed by atoms with E-state index in [-0.39, 0.29) is 5.91 Å². The van der Waals surface area contributed by atoms with E-state index in [1.165, 1.54) is 0 Å². The lowest BCUT2D eigenvalue weighted by molar-refractivity contribution is 0.0950. The quantitative estimate of drug-likeness (QED) is 0.700. The van der Waals surface area contributed by atoms with E-state index in [0.717, 1.165) is 29.1 Å². The number of aromatic nitrogens is 2. The summed E-state index contributed by atoms with van der Waals surface area (Å²) in [4.78, 5) is 14.9. The molecular formula is C21H24N4O2. The molecule has 3 aromatic rings. The topological polar surface area (TPSA) is 59.4 Å². The number of para-hydroxylation sites is 2. The van der Waals surface area contributed by atoms with Crippen LogP contribution in [0.2, 0.25) is 0 Å². The van der Waals surface area contributed by atoms with Gasteiger partial charge in [0.1, 0.15) is 5.75 Å². The third kappa shape index (κ3) is 4.54. The second-order valence-electron chi connectivity index (χ2n) is 6.54. The predicted octanol–water partition coefficient (Wildman–Crippen LogP) is 2.87. The van der Waals surface area contributed by atoms with Gasteiger partial charge < -0.3 is 15.0 Å². The number of amides is 1. The molecule has 6 heteroatoms. The van der Waals surface area contributed by atoms with Crippen LogP contribution in [-0.4, -0.2) is 41.8 Å². The highest BCUT2D eigenvalue weighted by molar-refractivity contribution is 5.97. The van der Waals surface area contributed by atoms with Crippen molar-refractivity contribution in [3.05, 3.63) is 77.6 Å². The molecule has 0 aliphatic heterocycles. The van der Waals surface area contributed by atoms with E-state index in [0.29, 0.717) is 12.1 Å². The summed E-state index contributed by atoms with van der Waals surface area (Å²) in [5.41, 5.74) is 3.34. The zero-order valence-corrected chi connectivity index (χ0v) is 15.8. The lowest BCUT2D eigenvalue weighted by Gasteiger charge is -2.12. The average Bonchev–Trinajstić information content (AvgIpc) is 3.14. The lowest BCUT2D eigenvalue weighted by atomic mass is 10.1. The standard InChI is InChI=1S/C21H24N4O2/c1-24(2)14-16-12-23-25(15-16)19-10-6-5-9-18(19)21(26)22-13-17-8-4-7-11-20(17)27-3/h4-12,15H,13-14H2,1-3H3,(H,22,26). The van der Waals surface area contributed by atoms with Crippen molar-refractivity contribution in [2.75, 3.05) is 21.2 Å². The SMILES string of the molecule is COc1ccccc1CNC(=O)c1ccccc1-n1cc(CN(C)C)cn1. The number of nitrogens with zero attached hydrogens (tertiary/aromatic N) is 3. The molecule has 1 amide bonds. The fraction of sp³-hybridized carbons (Fsp3) is 0.238. The summed E-state index contributed by atoms with van der Waals surface area (Å²) in [5.74, 6) is 0.604. The monoisotopic (exact) mass is 364 g/mol. The van der Waals surface area contributed by atoms with Gasteiger partial charge in [0.15, 0.2) is 0 Å². The smallest absolute Gasteiger partial charge is 0.253 e. The van der Waals surface area contributed by atoms with Crippen molar-refractivity contribution in [1.82, 2.24) is 20.0 Å². The number of hydrogen-bond acceptors (Lipinski definition) is 4. The summed E-state index contributed by atoms with van der Waals surface area (Å²) in [6.45, 7) is 1.18. The van der Waals surface area contributed by atoms with Crippen LogP contribution in [0, 0.1) is 0 Å². The first-order chi connectivity index (χ1) is 13.1. The molecule has 3 rings (SSSR count). The van der Waals surface area contributed by atoms with Gasteiger partial charge in [0.2, 0.25) is 0 Å². The molecule has 1 aromatic heterocycles. The van der Waals surface area contributed by atoms with Gasteiger partial charge in [-0.05, 0) is 32.3 Å². The van der Waals surface area contributed by atoms with Crippen LogP contribution in [-0.2, 0) is 13.1 Å². The van der Waals surface area contributed by atoms with E-state index in [1.54, 1.807) is 17.9 Å². The molecule has 0 spiro atoms. The van der Waals surface area contributed by atoms with Crippen LogP contribution in [0.25, 0.3) is 5.69 Å². The van der Waals surface area contributed by atoms with Crippen molar-refractivity contribution in [2.45, 2.75) is 13.1 Å². The highest BCUT2D eigenvalue weighted by Gasteiger charge is 2.14. The van der Waals surface area contributed by atoms with E-state index in [1.807, 2.05) is 69.0 Å². The highest BCUT2D eigenvalue weighted by atomic mass is 16.5. The van der Waals surface area contributed by atoms with Gasteiger partial charge in [0, 0.05) is 30.4 Å². The Morgan fingerprint density at radius 2 is 1.89 bits per heavy atom. The second-order valence-corrected chi connectivity index (χ2v) is 6.54. The molecule has 6 nitrogen and oxygen atoms in total. The molecule has 0 radical (unpaired) electrons. The van der Waals surface area contributed by atoms with Crippen molar-refractivity contribution in [2.24, 2.45) is 0 Å². The van der Waals surface area contributed by atoms with Gasteiger partial charge in [0.05, 0.1) is 24.6 Å². The summed E-state index contributed by atoms with van der Waals surface area (Å²) in [6, 6.07) is 15.1. The molecular weight excluding hydrogens is 340 g/mol. The highest BCUT2D eigenvalue weighted by Crippen LogP contribution is 2.18. The average molecular weight is 364 g/mol. The Kier molecular flexibility index (Phi) is 5.88. The fourth-order valence-electron chi connectivity index (χ4n) is 2.92. The third-order valence-corrected chi connectivity index (χ3v) is 4.16. The summed E-state index contributed by atoms with van der Waals surface area (Å²) in [5, 5.41) is 7.39. The Morgan fingerprint density at radius 3 is 2.67 bits per heavy atom. The first-order valence-electron chi connectivity index (χ1n) is 8.76. The molecule has 0 atom stereocenters. The predicted molar refractivity (Wildman–Crippen MR) is 105 cm³/mol. The van der Waals surface area contributed by atoms with Gasteiger partial charge in [-0.25, -0.2) is 4.68 Å². The van der Waals surface area contributed by atoms with Crippen molar-refractivity contribution < 1.29 is 9.53 Å². The largest absolute Gasteiger partial charge is 0.496 e. The van der Waals surface area contributed by atoms with Crippen LogP contribution < -0.4 is 10.1 Å². The fourth-order valence-corrected chi connectivity index (χ4v) is 2.92. The van der Waals surface area contributed by atoms with Gasteiger partial charge in [-0.1, -0.05) is 30.3 Å². The maximum atomic E-state index is 12.8.